The Morgan fingerprint density at radius 1 is 1.24 bits per heavy atom. The van der Waals surface area contributed by atoms with Crippen molar-refractivity contribution in [3.8, 4) is 5.75 Å². The standard InChI is InChI=1S/C14H23NO2/c1-4-17-10-9-15-12(2)11-13-5-7-14(16-3)8-6-13/h5-8,12,15H,4,9-11H2,1-3H3. The van der Waals surface area contributed by atoms with Crippen molar-refractivity contribution in [3.63, 3.8) is 0 Å². The summed E-state index contributed by atoms with van der Waals surface area (Å²) in [5, 5.41) is 3.44. The minimum absolute atomic E-state index is 0.462. The highest BCUT2D eigenvalue weighted by Crippen LogP contribution is 2.12. The van der Waals surface area contributed by atoms with Gasteiger partial charge in [-0.15, -0.1) is 0 Å². The molecule has 3 heteroatoms. The second kappa shape index (κ2) is 8.09. The van der Waals surface area contributed by atoms with Crippen molar-refractivity contribution in [1.82, 2.24) is 5.32 Å². The lowest BCUT2D eigenvalue weighted by Crippen LogP contribution is -2.31. The molecule has 3 nitrogen and oxygen atoms in total. The van der Waals surface area contributed by atoms with Crippen LogP contribution in [0.4, 0.5) is 0 Å². The van der Waals surface area contributed by atoms with Gasteiger partial charge in [0.2, 0.25) is 0 Å². The number of ether oxygens (including phenoxy) is 2. The molecule has 96 valence electrons. The fourth-order valence-electron chi connectivity index (χ4n) is 1.71. The zero-order valence-electron chi connectivity index (χ0n) is 11.0. The summed E-state index contributed by atoms with van der Waals surface area (Å²) in [6.45, 7) is 6.68. The molecule has 0 fully saturated rings. The van der Waals surface area contributed by atoms with Crippen molar-refractivity contribution >= 4 is 0 Å². The number of methoxy groups -OCH3 is 1. The van der Waals surface area contributed by atoms with Crippen molar-refractivity contribution in [3.05, 3.63) is 29.8 Å². The van der Waals surface area contributed by atoms with Gasteiger partial charge in [-0.25, -0.2) is 0 Å². The SMILES string of the molecule is CCOCCNC(C)Cc1ccc(OC)cc1. The number of benzene rings is 1. The summed E-state index contributed by atoms with van der Waals surface area (Å²) >= 11 is 0. The number of hydrogen-bond acceptors (Lipinski definition) is 3. The number of rotatable bonds is 8. The van der Waals surface area contributed by atoms with Crippen LogP contribution < -0.4 is 10.1 Å². The molecule has 0 amide bonds. The Morgan fingerprint density at radius 3 is 2.53 bits per heavy atom. The molecule has 1 N–H and O–H groups in total. The van der Waals surface area contributed by atoms with Gasteiger partial charge in [0.05, 0.1) is 13.7 Å². The van der Waals surface area contributed by atoms with Crippen LogP contribution in [0.1, 0.15) is 19.4 Å². The largest absolute Gasteiger partial charge is 0.497 e. The van der Waals surface area contributed by atoms with Gasteiger partial charge >= 0.3 is 0 Å². The van der Waals surface area contributed by atoms with E-state index < -0.39 is 0 Å². The van der Waals surface area contributed by atoms with Gasteiger partial charge in [0, 0.05) is 19.2 Å². The highest BCUT2D eigenvalue weighted by molar-refractivity contribution is 5.27. The van der Waals surface area contributed by atoms with E-state index in [0.717, 1.165) is 31.9 Å². The molecule has 0 saturated carbocycles. The van der Waals surface area contributed by atoms with Gasteiger partial charge in [0.25, 0.3) is 0 Å². The Labute approximate surface area is 104 Å². The average molecular weight is 237 g/mol. The van der Waals surface area contributed by atoms with Crippen LogP contribution in [0, 0.1) is 0 Å². The van der Waals surface area contributed by atoms with E-state index in [1.54, 1.807) is 7.11 Å². The third-order valence-electron chi connectivity index (χ3n) is 2.64. The first kappa shape index (κ1) is 14.0. The molecule has 1 aromatic carbocycles. The van der Waals surface area contributed by atoms with E-state index in [-0.39, 0.29) is 0 Å². The predicted molar refractivity (Wildman–Crippen MR) is 70.7 cm³/mol. The maximum Gasteiger partial charge on any atom is 0.118 e. The summed E-state index contributed by atoms with van der Waals surface area (Å²) in [5.41, 5.74) is 1.32. The fraction of sp³-hybridized carbons (Fsp3) is 0.571. The normalized spacial score (nSPS) is 12.4. The zero-order valence-corrected chi connectivity index (χ0v) is 11.0. The second-order valence-electron chi connectivity index (χ2n) is 4.10. The smallest absolute Gasteiger partial charge is 0.118 e. The van der Waals surface area contributed by atoms with Gasteiger partial charge in [-0.05, 0) is 38.0 Å². The third-order valence-corrected chi connectivity index (χ3v) is 2.64. The van der Waals surface area contributed by atoms with Crippen molar-refractivity contribution in [2.24, 2.45) is 0 Å². The number of nitrogens with one attached hydrogen (secondary N) is 1. The maximum atomic E-state index is 5.29. The summed E-state index contributed by atoms with van der Waals surface area (Å²) in [7, 11) is 1.69. The molecule has 0 aromatic heterocycles. The minimum Gasteiger partial charge on any atom is -0.497 e. The molecular formula is C14H23NO2. The molecule has 17 heavy (non-hydrogen) atoms. The summed E-state index contributed by atoms with van der Waals surface area (Å²) in [5.74, 6) is 0.908. The fourth-order valence-corrected chi connectivity index (χ4v) is 1.71. The van der Waals surface area contributed by atoms with Crippen LogP contribution in [0.25, 0.3) is 0 Å². The van der Waals surface area contributed by atoms with Gasteiger partial charge in [0.15, 0.2) is 0 Å². The van der Waals surface area contributed by atoms with Gasteiger partial charge in [-0.3, -0.25) is 0 Å². The van der Waals surface area contributed by atoms with Crippen molar-refractivity contribution in [2.75, 3.05) is 26.9 Å². The topological polar surface area (TPSA) is 30.5 Å². The molecule has 0 aliphatic rings. The third kappa shape index (κ3) is 5.71. The molecule has 0 heterocycles. The highest BCUT2D eigenvalue weighted by Gasteiger charge is 2.02. The van der Waals surface area contributed by atoms with Crippen molar-refractivity contribution in [1.29, 1.82) is 0 Å². The average Bonchev–Trinajstić information content (AvgIpc) is 2.36. The molecule has 1 rings (SSSR count). The number of hydrogen-bond donors (Lipinski definition) is 1. The second-order valence-corrected chi connectivity index (χ2v) is 4.10. The van der Waals surface area contributed by atoms with Crippen LogP contribution in [-0.4, -0.2) is 32.9 Å². The molecule has 1 atom stereocenters. The van der Waals surface area contributed by atoms with Gasteiger partial charge in [0.1, 0.15) is 5.75 Å². The monoisotopic (exact) mass is 237 g/mol. The maximum absolute atomic E-state index is 5.29. The van der Waals surface area contributed by atoms with Crippen LogP contribution in [0.2, 0.25) is 0 Å². The van der Waals surface area contributed by atoms with Crippen LogP contribution >= 0.6 is 0 Å². The lowest BCUT2D eigenvalue weighted by atomic mass is 10.1. The van der Waals surface area contributed by atoms with Crippen LogP contribution in [0.5, 0.6) is 5.75 Å². The molecule has 1 aromatic rings. The quantitative estimate of drug-likeness (QED) is 0.703. The Morgan fingerprint density at radius 2 is 1.94 bits per heavy atom. The predicted octanol–water partition coefficient (Wildman–Crippen LogP) is 2.25. The first-order valence-corrected chi connectivity index (χ1v) is 6.20. The summed E-state index contributed by atoms with van der Waals surface area (Å²) in [4.78, 5) is 0. The molecule has 0 radical (unpaired) electrons. The van der Waals surface area contributed by atoms with E-state index in [4.69, 9.17) is 9.47 Å². The van der Waals surface area contributed by atoms with Gasteiger partial charge in [-0.2, -0.15) is 0 Å². The molecule has 0 aliphatic heterocycles. The van der Waals surface area contributed by atoms with E-state index in [1.165, 1.54) is 5.56 Å². The lowest BCUT2D eigenvalue weighted by Gasteiger charge is -2.14. The van der Waals surface area contributed by atoms with Crippen molar-refractivity contribution < 1.29 is 9.47 Å². The molecule has 0 saturated heterocycles. The molecule has 0 aliphatic carbocycles. The van der Waals surface area contributed by atoms with E-state index in [0.29, 0.717) is 6.04 Å². The Kier molecular flexibility index (Phi) is 6.67. The molecule has 0 bridgehead atoms. The van der Waals surface area contributed by atoms with Crippen molar-refractivity contribution in [2.45, 2.75) is 26.3 Å². The molecule has 1 unspecified atom stereocenters. The van der Waals surface area contributed by atoms with Gasteiger partial charge in [-0.1, -0.05) is 12.1 Å². The highest BCUT2D eigenvalue weighted by atomic mass is 16.5. The van der Waals surface area contributed by atoms with Gasteiger partial charge < -0.3 is 14.8 Å². The van der Waals surface area contributed by atoms with E-state index >= 15 is 0 Å². The molecule has 0 spiro atoms. The first-order chi connectivity index (χ1) is 8.26. The minimum atomic E-state index is 0.462. The Hall–Kier alpha value is -1.06. The first-order valence-electron chi connectivity index (χ1n) is 6.20. The summed E-state index contributed by atoms with van der Waals surface area (Å²) in [6.07, 6.45) is 1.02. The van der Waals surface area contributed by atoms with Crippen LogP contribution in [0.3, 0.4) is 0 Å². The van der Waals surface area contributed by atoms with E-state index in [2.05, 4.69) is 24.4 Å². The lowest BCUT2D eigenvalue weighted by molar-refractivity contribution is 0.147. The Bertz CT molecular complexity index is 298. The van der Waals surface area contributed by atoms with E-state index in [1.807, 2.05) is 19.1 Å². The van der Waals surface area contributed by atoms with Crippen LogP contribution in [0.15, 0.2) is 24.3 Å². The zero-order chi connectivity index (χ0) is 12.5. The summed E-state index contributed by atoms with van der Waals surface area (Å²) in [6, 6.07) is 8.69. The molecular weight excluding hydrogens is 214 g/mol. The Balaban J connectivity index is 2.26. The summed E-state index contributed by atoms with van der Waals surface area (Å²) < 4.78 is 10.4. The van der Waals surface area contributed by atoms with E-state index in [9.17, 15) is 0 Å². The van der Waals surface area contributed by atoms with Crippen LogP contribution in [-0.2, 0) is 11.2 Å².